The van der Waals surface area contributed by atoms with Crippen molar-refractivity contribution in [2.24, 2.45) is 5.92 Å². The fourth-order valence-corrected chi connectivity index (χ4v) is 8.33. The smallest absolute Gasteiger partial charge is 0.241 e. The second-order valence-electron chi connectivity index (χ2n) is 10.5. The summed E-state index contributed by atoms with van der Waals surface area (Å²) < 4.78 is 56.3. The molecule has 1 atom stereocenters. The summed E-state index contributed by atoms with van der Waals surface area (Å²) in [6.45, 7) is 3.79. The van der Waals surface area contributed by atoms with E-state index in [1.165, 1.54) is 27.8 Å². The number of thiophene rings is 1. The molecule has 10 nitrogen and oxygen atoms in total. The van der Waals surface area contributed by atoms with Gasteiger partial charge >= 0.3 is 0 Å². The molecule has 2 aromatic heterocycles. The Bertz CT molecular complexity index is 1610. The Kier molecular flexibility index (Phi) is 7.72. The first kappa shape index (κ1) is 28.0. The molecule has 3 N–H and O–H groups in total. The van der Waals surface area contributed by atoms with E-state index in [0.717, 1.165) is 39.6 Å². The highest BCUT2D eigenvalue weighted by atomic mass is 32.2. The van der Waals surface area contributed by atoms with Gasteiger partial charge in [0, 0.05) is 53.8 Å². The zero-order chi connectivity index (χ0) is 27.9. The van der Waals surface area contributed by atoms with Gasteiger partial charge in [-0.05, 0) is 60.6 Å². The van der Waals surface area contributed by atoms with Crippen LogP contribution in [0.2, 0.25) is 0 Å². The molecule has 210 valence electrons. The fraction of sp³-hybridized carbons (Fsp3) is 0.462. The van der Waals surface area contributed by atoms with Crippen molar-refractivity contribution in [1.82, 2.24) is 18.9 Å². The van der Waals surface area contributed by atoms with Gasteiger partial charge in [0.05, 0.1) is 11.2 Å². The SMILES string of the molecule is CC1CCN(C(=O)C(Cc2cc3c(N)nccc3s2)NS(=O)(=O)c2ccc3c(c2)CN(S(C)(=O)=O)CC3)CC1. The van der Waals surface area contributed by atoms with E-state index in [2.05, 4.69) is 16.6 Å². The highest BCUT2D eigenvalue weighted by Gasteiger charge is 2.32. The number of likely N-dealkylation sites (tertiary alicyclic amines) is 1. The molecule has 0 aliphatic carbocycles. The van der Waals surface area contributed by atoms with E-state index in [0.29, 0.717) is 43.4 Å². The second-order valence-corrected chi connectivity index (χ2v) is 15.3. The van der Waals surface area contributed by atoms with E-state index in [9.17, 15) is 21.6 Å². The third-order valence-electron chi connectivity index (χ3n) is 7.56. The number of piperidine rings is 1. The molecule has 39 heavy (non-hydrogen) atoms. The number of nitrogens with one attached hydrogen (secondary N) is 1. The van der Waals surface area contributed by atoms with Crippen LogP contribution >= 0.6 is 11.3 Å². The Morgan fingerprint density at radius 1 is 1.13 bits per heavy atom. The first-order chi connectivity index (χ1) is 18.4. The molecule has 1 aromatic carbocycles. The standard InChI is InChI=1S/C26H33N5O5S3/c1-17-6-10-30(11-7-17)26(32)23(15-20-14-22-24(37-20)5-9-28-25(22)27)29-39(35,36)21-4-3-18-8-12-31(38(2,33)34)16-19(18)13-21/h3-5,9,13-14,17,23,29H,6-8,10-12,15-16H2,1-2H3,(H2,27,28). The first-order valence-corrected chi connectivity index (χ1v) is 17.1. The number of anilines is 1. The van der Waals surface area contributed by atoms with Gasteiger partial charge in [-0.25, -0.2) is 21.8 Å². The molecule has 3 aromatic rings. The summed E-state index contributed by atoms with van der Waals surface area (Å²) in [4.78, 5) is 20.4. The summed E-state index contributed by atoms with van der Waals surface area (Å²) in [6.07, 6.45) is 5.20. The minimum absolute atomic E-state index is 0.00597. The van der Waals surface area contributed by atoms with Crippen LogP contribution in [0.1, 0.15) is 35.8 Å². The van der Waals surface area contributed by atoms with Crippen LogP contribution in [0, 0.1) is 5.92 Å². The molecular formula is C26H33N5O5S3. The number of hydrogen-bond donors (Lipinski definition) is 2. The quantitative estimate of drug-likeness (QED) is 0.429. The number of rotatable bonds is 7. The number of benzene rings is 1. The third-order valence-corrected chi connectivity index (χ3v) is 11.4. The van der Waals surface area contributed by atoms with E-state index in [4.69, 9.17) is 5.73 Å². The molecule has 0 bridgehead atoms. The first-order valence-electron chi connectivity index (χ1n) is 12.9. The van der Waals surface area contributed by atoms with E-state index >= 15 is 0 Å². The molecule has 5 rings (SSSR count). The highest BCUT2D eigenvalue weighted by molar-refractivity contribution is 7.89. The molecule has 0 spiro atoms. The van der Waals surface area contributed by atoms with Gasteiger partial charge in [-0.3, -0.25) is 4.79 Å². The van der Waals surface area contributed by atoms with Crippen LogP contribution in [0.25, 0.3) is 10.1 Å². The lowest BCUT2D eigenvalue weighted by atomic mass is 9.98. The molecule has 2 aliphatic heterocycles. The van der Waals surface area contributed by atoms with E-state index in [-0.39, 0.29) is 23.8 Å². The predicted molar refractivity (Wildman–Crippen MR) is 152 cm³/mol. The lowest BCUT2D eigenvalue weighted by molar-refractivity contribution is -0.134. The Morgan fingerprint density at radius 2 is 1.87 bits per heavy atom. The van der Waals surface area contributed by atoms with E-state index in [1.807, 2.05) is 12.1 Å². The number of fused-ring (bicyclic) bond motifs is 2. The minimum Gasteiger partial charge on any atom is -0.383 e. The molecule has 1 saturated heterocycles. The molecule has 0 radical (unpaired) electrons. The summed E-state index contributed by atoms with van der Waals surface area (Å²) in [5.41, 5.74) is 7.59. The molecule has 1 fully saturated rings. The maximum atomic E-state index is 13.7. The minimum atomic E-state index is -4.10. The number of nitrogen functional groups attached to an aromatic ring is 1. The van der Waals surface area contributed by atoms with E-state index < -0.39 is 26.1 Å². The number of amides is 1. The van der Waals surface area contributed by atoms with Gasteiger partial charge in [0.15, 0.2) is 0 Å². The Balaban J connectivity index is 1.44. The number of nitrogens with two attached hydrogens (primary N) is 1. The van der Waals surface area contributed by atoms with Crippen molar-refractivity contribution in [1.29, 1.82) is 0 Å². The van der Waals surface area contributed by atoms with Gasteiger partial charge in [-0.15, -0.1) is 11.3 Å². The lowest BCUT2D eigenvalue weighted by Crippen LogP contribution is -2.51. The van der Waals surface area contributed by atoms with Gasteiger partial charge in [-0.1, -0.05) is 13.0 Å². The number of hydrogen-bond acceptors (Lipinski definition) is 8. The van der Waals surface area contributed by atoms with Gasteiger partial charge in [0.25, 0.3) is 0 Å². The van der Waals surface area contributed by atoms with Crippen molar-refractivity contribution in [3.8, 4) is 0 Å². The third kappa shape index (κ3) is 6.12. The predicted octanol–water partition coefficient (Wildman–Crippen LogP) is 2.34. The summed E-state index contributed by atoms with van der Waals surface area (Å²) in [7, 11) is -7.50. The number of carbonyl (C=O) groups is 1. The molecule has 13 heteroatoms. The molecule has 1 unspecified atom stereocenters. The monoisotopic (exact) mass is 591 g/mol. The molecule has 4 heterocycles. The van der Waals surface area contributed by atoms with Crippen molar-refractivity contribution in [2.75, 3.05) is 31.6 Å². The number of aromatic nitrogens is 1. The molecule has 0 saturated carbocycles. The number of carbonyl (C=O) groups excluding carboxylic acids is 1. The van der Waals surface area contributed by atoms with Crippen LogP contribution < -0.4 is 10.5 Å². The molecule has 2 aliphatic rings. The van der Waals surface area contributed by atoms with Crippen LogP contribution in [0.15, 0.2) is 41.4 Å². The van der Waals surface area contributed by atoms with Crippen molar-refractivity contribution in [3.63, 3.8) is 0 Å². The van der Waals surface area contributed by atoms with Crippen LogP contribution in [0.5, 0.6) is 0 Å². The summed E-state index contributed by atoms with van der Waals surface area (Å²) >= 11 is 1.46. The van der Waals surface area contributed by atoms with Gasteiger partial charge in [0.1, 0.15) is 11.9 Å². The average Bonchev–Trinajstić information content (AvgIpc) is 3.31. The molecule has 1 amide bonds. The topological polar surface area (TPSA) is 143 Å². The maximum absolute atomic E-state index is 13.7. The zero-order valence-corrected chi connectivity index (χ0v) is 24.4. The van der Waals surface area contributed by atoms with Gasteiger partial charge < -0.3 is 10.6 Å². The number of pyridine rings is 1. The van der Waals surface area contributed by atoms with Crippen molar-refractivity contribution in [3.05, 3.63) is 52.5 Å². The normalized spacial score (nSPS) is 18.3. The summed E-state index contributed by atoms with van der Waals surface area (Å²) in [6, 6.07) is 7.48. The largest absolute Gasteiger partial charge is 0.383 e. The van der Waals surface area contributed by atoms with Crippen LogP contribution in [0.3, 0.4) is 0 Å². The van der Waals surface area contributed by atoms with Crippen LogP contribution in [0.4, 0.5) is 5.82 Å². The Hall–Kier alpha value is -2.58. The van der Waals surface area contributed by atoms with Crippen LogP contribution in [-0.4, -0.2) is 68.9 Å². The van der Waals surface area contributed by atoms with Gasteiger partial charge in [0.2, 0.25) is 26.0 Å². The fourth-order valence-electron chi connectivity index (χ4n) is 5.18. The van der Waals surface area contributed by atoms with Crippen molar-refractivity contribution in [2.45, 2.75) is 50.1 Å². The Morgan fingerprint density at radius 3 is 2.56 bits per heavy atom. The Labute approximate surface area is 233 Å². The van der Waals surface area contributed by atoms with Gasteiger partial charge in [-0.2, -0.15) is 9.03 Å². The zero-order valence-electron chi connectivity index (χ0n) is 22.0. The summed E-state index contributed by atoms with van der Waals surface area (Å²) in [5, 5.41) is 0.781. The average molecular weight is 592 g/mol. The lowest BCUT2D eigenvalue weighted by Gasteiger charge is -2.33. The second kappa shape index (κ2) is 10.8. The van der Waals surface area contributed by atoms with Crippen molar-refractivity contribution < 1.29 is 21.6 Å². The summed E-state index contributed by atoms with van der Waals surface area (Å²) in [5.74, 6) is 0.653. The highest BCUT2D eigenvalue weighted by Crippen LogP contribution is 2.30. The number of nitrogens with zero attached hydrogens (tertiary/aromatic N) is 3. The van der Waals surface area contributed by atoms with Crippen LogP contribution in [-0.2, 0) is 44.2 Å². The van der Waals surface area contributed by atoms with Crippen molar-refractivity contribution >= 4 is 53.2 Å². The van der Waals surface area contributed by atoms with E-state index in [1.54, 1.807) is 17.2 Å². The molecular weight excluding hydrogens is 559 g/mol. The maximum Gasteiger partial charge on any atom is 0.241 e. The number of sulfonamides is 2.